The topological polar surface area (TPSA) is 104 Å². The third kappa shape index (κ3) is 4.98. The molecular formula is C34H29F2N7O. The van der Waals surface area contributed by atoms with E-state index in [4.69, 9.17) is 5.73 Å². The van der Waals surface area contributed by atoms with Crippen LogP contribution >= 0.6 is 0 Å². The summed E-state index contributed by atoms with van der Waals surface area (Å²) in [6, 6.07) is 14.5. The Kier molecular flexibility index (Phi) is 6.68. The largest absolute Gasteiger partial charge is 0.383 e. The van der Waals surface area contributed by atoms with Gasteiger partial charge in [0.1, 0.15) is 23.3 Å². The van der Waals surface area contributed by atoms with Gasteiger partial charge in [0.2, 0.25) is 5.43 Å². The second-order valence-corrected chi connectivity index (χ2v) is 11.4. The predicted octanol–water partition coefficient (Wildman–Crippen LogP) is 7.51. The van der Waals surface area contributed by atoms with Crippen molar-refractivity contribution in [2.75, 3.05) is 11.1 Å². The summed E-state index contributed by atoms with van der Waals surface area (Å²) in [5.41, 5.74) is 10.5. The third-order valence-electron chi connectivity index (χ3n) is 7.95. The molecule has 44 heavy (non-hydrogen) atoms. The van der Waals surface area contributed by atoms with Crippen LogP contribution < -0.4 is 16.5 Å². The monoisotopic (exact) mass is 589 g/mol. The minimum Gasteiger partial charge on any atom is -0.383 e. The van der Waals surface area contributed by atoms with Gasteiger partial charge in [-0.25, -0.2) is 18.7 Å². The van der Waals surface area contributed by atoms with Gasteiger partial charge in [-0.2, -0.15) is 5.10 Å². The maximum Gasteiger partial charge on any atom is 0.200 e. The Balaban J connectivity index is 1.26. The van der Waals surface area contributed by atoms with E-state index < -0.39 is 5.82 Å². The number of nitrogen functional groups attached to an aromatic ring is 1. The van der Waals surface area contributed by atoms with Crippen LogP contribution in [0.1, 0.15) is 38.8 Å². The van der Waals surface area contributed by atoms with Crippen molar-refractivity contribution in [1.82, 2.24) is 24.3 Å². The van der Waals surface area contributed by atoms with Gasteiger partial charge in [0.05, 0.1) is 23.1 Å². The highest BCUT2D eigenvalue weighted by Gasteiger charge is 2.24. The van der Waals surface area contributed by atoms with Crippen molar-refractivity contribution >= 4 is 28.2 Å². The number of anilines is 3. The van der Waals surface area contributed by atoms with Crippen LogP contribution in [-0.4, -0.2) is 24.3 Å². The van der Waals surface area contributed by atoms with Crippen LogP contribution in [0.5, 0.6) is 0 Å². The summed E-state index contributed by atoms with van der Waals surface area (Å²) in [6.45, 7) is 4.02. The molecule has 1 fully saturated rings. The highest BCUT2D eigenvalue weighted by atomic mass is 19.1. The first-order valence-corrected chi connectivity index (χ1v) is 14.4. The first-order chi connectivity index (χ1) is 21.3. The molecule has 4 heterocycles. The maximum atomic E-state index is 15.7. The molecule has 6 aromatic rings. The van der Waals surface area contributed by atoms with E-state index >= 15 is 4.39 Å². The minimum atomic E-state index is -0.513. The lowest BCUT2D eigenvalue weighted by Crippen LogP contribution is -2.15. The van der Waals surface area contributed by atoms with Gasteiger partial charge in [-0.3, -0.25) is 9.48 Å². The minimum absolute atomic E-state index is 0.0159. The summed E-state index contributed by atoms with van der Waals surface area (Å²) in [5.74, 6) is -0.404. The molecule has 1 aliphatic rings. The molecular weight excluding hydrogens is 560 g/mol. The van der Waals surface area contributed by atoms with Crippen molar-refractivity contribution in [3.8, 4) is 33.4 Å². The second-order valence-electron chi connectivity index (χ2n) is 11.4. The van der Waals surface area contributed by atoms with E-state index in [0.717, 1.165) is 24.0 Å². The molecule has 8 nitrogen and oxygen atoms in total. The molecule has 0 saturated heterocycles. The zero-order valence-electron chi connectivity index (χ0n) is 24.1. The molecule has 0 bridgehead atoms. The summed E-state index contributed by atoms with van der Waals surface area (Å²) in [4.78, 5) is 22.6. The molecule has 0 atom stereocenters. The van der Waals surface area contributed by atoms with Crippen LogP contribution in [0.2, 0.25) is 0 Å². The van der Waals surface area contributed by atoms with E-state index in [1.54, 1.807) is 55.1 Å². The molecule has 220 valence electrons. The zero-order valence-corrected chi connectivity index (χ0v) is 24.1. The number of hydrogen-bond acceptors (Lipinski definition) is 6. The van der Waals surface area contributed by atoms with Gasteiger partial charge in [-0.1, -0.05) is 12.1 Å². The van der Waals surface area contributed by atoms with Crippen LogP contribution in [0.4, 0.5) is 26.1 Å². The Hall–Kier alpha value is -5.38. The zero-order chi connectivity index (χ0) is 30.5. The van der Waals surface area contributed by atoms with Crippen molar-refractivity contribution in [2.45, 2.75) is 38.8 Å². The second kappa shape index (κ2) is 10.7. The molecule has 1 aliphatic carbocycles. The quantitative estimate of drug-likeness (QED) is 0.200. The van der Waals surface area contributed by atoms with Gasteiger partial charge in [0.25, 0.3) is 0 Å². The molecule has 0 unspecified atom stereocenters. The molecule has 4 aromatic heterocycles. The molecule has 1 saturated carbocycles. The lowest BCUT2D eigenvalue weighted by atomic mass is 10.0. The number of benzene rings is 2. The number of rotatable bonds is 7. The maximum absolute atomic E-state index is 15.7. The van der Waals surface area contributed by atoms with Gasteiger partial charge in [0.15, 0.2) is 0 Å². The fraction of sp³-hybridized carbons (Fsp3) is 0.176. The molecule has 0 aliphatic heterocycles. The van der Waals surface area contributed by atoms with E-state index in [0.29, 0.717) is 44.9 Å². The first-order valence-electron chi connectivity index (χ1n) is 14.4. The molecule has 7 rings (SSSR count). The van der Waals surface area contributed by atoms with Crippen molar-refractivity contribution in [3.05, 3.63) is 107 Å². The number of fused-ring (bicyclic) bond motifs is 1. The van der Waals surface area contributed by atoms with E-state index in [1.807, 2.05) is 35.4 Å². The normalized spacial score (nSPS) is 13.1. The van der Waals surface area contributed by atoms with Crippen molar-refractivity contribution < 1.29 is 8.78 Å². The van der Waals surface area contributed by atoms with Gasteiger partial charge in [-0.05, 0) is 74.7 Å². The number of aromatic nitrogens is 5. The SMILES string of the molecule is CC(C)n1cc(-c2ccc(F)cc2)c(=O)c2c(Nc3ccc(-c4cc(-c5cnn(C6CC6)c5)cnc4N)c(F)c3)nccc21. The highest BCUT2D eigenvalue weighted by molar-refractivity contribution is 5.94. The molecule has 10 heteroatoms. The van der Waals surface area contributed by atoms with Crippen molar-refractivity contribution in [3.63, 3.8) is 0 Å². The van der Waals surface area contributed by atoms with Gasteiger partial charge < -0.3 is 15.6 Å². The lowest BCUT2D eigenvalue weighted by Gasteiger charge is -2.19. The number of hydrogen-bond donors (Lipinski definition) is 2. The standard InChI is InChI=1S/C34H29F2N7O/c1-19(2)42-18-28(20-3-5-23(35)6-4-20)32(44)31-30(42)11-12-38-34(31)41-24-7-10-26(29(36)14-24)27-13-21(15-39-33(27)37)22-16-40-43(17-22)25-8-9-25/h3-7,10-19,25H,8-9H2,1-2H3,(H2,37,39)(H,38,41). The number of nitrogens with two attached hydrogens (primary N) is 1. The van der Waals surface area contributed by atoms with Gasteiger partial charge in [0, 0.05) is 64.3 Å². The molecule has 0 amide bonds. The van der Waals surface area contributed by atoms with Crippen LogP contribution in [0.15, 0.2) is 90.4 Å². The average molecular weight is 590 g/mol. The van der Waals surface area contributed by atoms with Crippen LogP contribution in [0.3, 0.4) is 0 Å². The Bertz CT molecular complexity index is 2100. The van der Waals surface area contributed by atoms with E-state index in [2.05, 4.69) is 20.4 Å². The van der Waals surface area contributed by atoms with E-state index in [1.165, 1.54) is 18.2 Å². The number of nitrogens with one attached hydrogen (secondary N) is 1. The van der Waals surface area contributed by atoms with Gasteiger partial charge >= 0.3 is 0 Å². The Morgan fingerprint density at radius 1 is 0.886 bits per heavy atom. The Labute approximate surface area is 251 Å². The molecule has 0 radical (unpaired) electrons. The third-order valence-corrected chi connectivity index (χ3v) is 7.95. The number of pyridine rings is 3. The predicted molar refractivity (Wildman–Crippen MR) is 169 cm³/mol. The summed E-state index contributed by atoms with van der Waals surface area (Å²) < 4.78 is 33.3. The smallest absolute Gasteiger partial charge is 0.200 e. The summed E-state index contributed by atoms with van der Waals surface area (Å²) in [5, 5.41) is 7.95. The van der Waals surface area contributed by atoms with Crippen LogP contribution in [-0.2, 0) is 0 Å². The molecule has 2 aromatic carbocycles. The lowest BCUT2D eigenvalue weighted by molar-refractivity contribution is 0.618. The van der Waals surface area contributed by atoms with Crippen molar-refractivity contribution in [2.24, 2.45) is 0 Å². The van der Waals surface area contributed by atoms with E-state index in [-0.39, 0.29) is 28.9 Å². The van der Waals surface area contributed by atoms with E-state index in [9.17, 15) is 9.18 Å². The highest BCUT2D eigenvalue weighted by Crippen LogP contribution is 2.37. The van der Waals surface area contributed by atoms with Crippen LogP contribution in [0.25, 0.3) is 44.3 Å². The van der Waals surface area contributed by atoms with Gasteiger partial charge in [-0.15, -0.1) is 0 Å². The Morgan fingerprint density at radius 3 is 2.41 bits per heavy atom. The summed E-state index contributed by atoms with van der Waals surface area (Å²) in [6.07, 6.45) is 11.1. The fourth-order valence-corrected chi connectivity index (χ4v) is 5.47. The summed E-state index contributed by atoms with van der Waals surface area (Å²) >= 11 is 0. The molecule has 0 spiro atoms. The Morgan fingerprint density at radius 2 is 1.68 bits per heavy atom. The molecule has 3 N–H and O–H groups in total. The number of halogens is 2. The first kappa shape index (κ1) is 27.5. The number of nitrogens with zero attached hydrogens (tertiary/aromatic N) is 5. The fourth-order valence-electron chi connectivity index (χ4n) is 5.47. The average Bonchev–Trinajstić information content (AvgIpc) is 3.74. The summed E-state index contributed by atoms with van der Waals surface area (Å²) in [7, 11) is 0. The van der Waals surface area contributed by atoms with Crippen molar-refractivity contribution in [1.29, 1.82) is 0 Å². The van der Waals surface area contributed by atoms with Crippen LogP contribution in [0, 0.1) is 11.6 Å².